The van der Waals surface area contributed by atoms with Crippen molar-refractivity contribution in [2.75, 3.05) is 26.2 Å². The van der Waals surface area contributed by atoms with Crippen LogP contribution in [0.2, 0.25) is 0 Å². The van der Waals surface area contributed by atoms with E-state index in [0.717, 1.165) is 24.5 Å². The lowest BCUT2D eigenvalue weighted by atomic mass is 9.73. The van der Waals surface area contributed by atoms with Gasteiger partial charge in [-0.2, -0.15) is 5.10 Å². The molecule has 4 heteroatoms. The van der Waals surface area contributed by atoms with Crippen molar-refractivity contribution in [2.45, 2.75) is 32.1 Å². The Morgan fingerprint density at radius 1 is 0.784 bits per heavy atom. The number of likely N-dealkylation sites (tertiary alicyclic amines) is 1. The second-order valence-electron chi connectivity index (χ2n) is 10.3. The van der Waals surface area contributed by atoms with Gasteiger partial charge in [0.05, 0.1) is 6.20 Å². The number of hydrogen-bond donors (Lipinski definition) is 1. The van der Waals surface area contributed by atoms with Crippen LogP contribution in [0, 0.1) is 5.92 Å². The van der Waals surface area contributed by atoms with Crippen LogP contribution in [0.5, 0.6) is 5.75 Å². The van der Waals surface area contributed by atoms with Gasteiger partial charge in [0, 0.05) is 18.3 Å². The Balaban J connectivity index is 1.35. The normalized spacial score (nSPS) is 16.9. The zero-order chi connectivity index (χ0) is 24.9. The predicted molar refractivity (Wildman–Crippen MR) is 151 cm³/mol. The number of nitrogens with one attached hydrogen (secondary N) is 1. The molecule has 0 radical (unpaired) electrons. The highest BCUT2D eigenvalue weighted by Gasteiger charge is 2.27. The Hall–Kier alpha value is -3.63. The largest absolute Gasteiger partial charge is 0.492 e. The first-order valence-corrected chi connectivity index (χ1v) is 13.7. The molecule has 0 unspecified atom stereocenters. The van der Waals surface area contributed by atoms with Gasteiger partial charge in [-0.15, -0.1) is 0 Å². The van der Waals surface area contributed by atoms with Crippen molar-refractivity contribution in [3.8, 4) is 16.9 Å². The third-order valence-electron chi connectivity index (χ3n) is 7.89. The summed E-state index contributed by atoms with van der Waals surface area (Å²) >= 11 is 0. The summed E-state index contributed by atoms with van der Waals surface area (Å²) < 4.78 is 6.12. The van der Waals surface area contributed by atoms with Crippen LogP contribution in [-0.2, 0) is 0 Å². The van der Waals surface area contributed by atoms with E-state index in [1.165, 1.54) is 78.6 Å². The highest BCUT2D eigenvalue weighted by Crippen LogP contribution is 2.45. The molecule has 4 aromatic rings. The minimum Gasteiger partial charge on any atom is -0.492 e. The monoisotopic (exact) mass is 489 g/mol. The van der Waals surface area contributed by atoms with Crippen LogP contribution in [0.4, 0.5) is 0 Å². The van der Waals surface area contributed by atoms with Gasteiger partial charge < -0.3 is 4.74 Å². The van der Waals surface area contributed by atoms with Gasteiger partial charge in [-0.05, 0) is 90.2 Å². The van der Waals surface area contributed by atoms with E-state index in [0.29, 0.717) is 5.92 Å². The average Bonchev–Trinajstić information content (AvgIpc) is 3.64. The molecule has 0 bridgehead atoms. The Morgan fingerprint density at radius 3 is 2.11 bits per heavy atom. The van der Waals surface area contributed by atoms with Crippen molar-refractivity contribution in [3.63, 3.8) is 0 Å². The standard InChI is InChI=1S/C33H35N3O/c1-2-7-26(8-3-1)32(27-9-6-10-27)33(28-13-11-25(12-14-28)30-23-34-35-24-30)29-15-17-31(18-16-29)37-22-21-36-19-4-5-20-36/h1-3,7-8,11-18,23-24,27H,4-6,9-10,19-22H2,(H,34,35)/b33-32+. The van der Waals surface area contributed by atoms with Crippen LogP contribution in [0.25, 0.3) is 22.3 Å². The van der Waals surface area contributed by atoms with Gasteiger partial charge in [-0.25, -0.2) is 0 Å². The Labute approximate surface area is 220 Å². The van der Waals surface area contributed by atoms with Gasteiger partial charge in [0.25, 0.3) is 0 Å². The van der Waals surface area contributed by atoms with E-state index in [4.69, 9.17) is 4.74 Å². The molecule has 2 fully saturated rings. The van der Waals surface area contributed by atoms with Crippen molar-refractivity contribution < 1.29 is 4.74 Å². The van der Waals surface area contributed by atoms with Gasteiger partial charge in [-0.1, -0.05) is 73.2 Å². The molecule has 2 heterocycles. The van der Waals surface area contributed by atoms with E-state index in [1.807, 2.05) is 12.4 Å². The molecular weight excluding hydrogens is 454 g/mol. The molecule has 6 rings (SSSR count). The second-order valence-corrected chi connectivity index (χ2v) is 10.3. The highest BCUT2D eigenvalue weighted by atomic mass is 16.5. The lowest BCUT2D eigenvalue weighted by molar-refractivity contribution is 0.238. The molecular formula is C33H35N3O. The molecule has 37 heavy (non-hydrogen) atoms. The summed E-state index contributed by atoms with van der Waals surface area (Å²) in [6.07, 6.45) is 10.2. The van der Waals surface area contributed by atoms with Crippen molar-refractivity contribution in [2.24, 2.45) is 5.92 Å². The highest BCUT2D eigenvalue weighted by molar-refractivity contribution is 5.99. The lowest BCUT2D eigenvalue weighted by Gasteiger charge is -2.31. The third-order valence-corrected chi connectivity index (χ3v) is 7.89. The number of allylic oxidation sites excluding steroid dienone is 1. The van der Waals surface area contributed by atoms with Crippen LogP contribution in [0.1, 0.15) is 48.8 Å². The van der Waals surface area contributed by atoms with Crippen LogP contribution >= 0.6 is 0 Å². The van der Waals surface area contributed by atoms with Crippen LogP contribution in [0.3, 0.4) is 0 Å². The van der Waals surface area contributed by atoms with Crippen LogP contribution in [-0.4, -0.2) is 41.3 Å². The van der Waals surface area contributed by atoms with Crippen molar-refractivity contribution in [3.05, 3.63) is 108 Å². The number of H-pyrrole nitrogens is 1. The lowest BCUT2D eigenvalue weighted by Crippen LogP contribution is -2.25. The van der Waals surface area contributed by atoms with Crippen LogP contribution in [0.15, 0.2) is 91.3 Å². The minimum atomic E-state index is 0.585. The fraction of sp³-hybridized carbons (Fsp3) is 0.303. The Bertz CT molecular complexity index is 1300. The second kappa shape index (κ2) is 11.2. The van der Waals surface area contributed by atoms with Gasteiger partial charge in [0.2, 0.25) is 0 Å². The molecule has 1 aliphatic carbocycles. The average molecular weight is 490 g/mol. The van der Waals surface area contributed by atoms with E-state index < -0.39 is 0 Å². The molecule has 3 aromatic carbocycles. The number of aromatic amines is 1. The van der Waals surface area contributed by atoms with E-state index in [9.17, 15) is 0 Å². The zero-order valence-electron chi connectivity index (χ0n) is 21.4. The van der Waals surface area contributed by atoms with E-state index in [2.05, 4.69) is 94.0 Å². The molecule has 1 N–H and O–H groups in total. The van der Waals surface area contributed by atoms with Gasteiger partial charge in [0.15, 0.2) is 0 Å². The smallest absolute Gasteiger partial charge is 0.119 e. The number of hydrogen-bond acceptors (Lipinski definition) is 3. The number of ether oxygens (including phenoxy) is 1. The summed E-state index contributed by atoms with van der Waals surface area (Å²) in [6.45, 7) is 4.17. The predicted octanol–water partition coefficient (Wildman–Crippen LogP) is 7.31. The number of benzene rings is 3. The zero-order valence-corrected chi connectivity index (χ0v) is 21.4. The van der Waals surface area contributed by atoms with Gasteiger partial charge in [-0.3, -0.25) is 10.00 Å². The Morgan fingerprint density at radius 2 is 1.49 bits per heavy atom. The summed E-state index contributed by atoms with van der Waals surface area (Å²) in [5, 5.41) is 7.04. The molecule has 1 saturated carbocycles. The molecule has 0 amide bonds. The molecule has 1 aromatic heterocycles. The summed E-state index contributed by atoms with van der Waals surface area (Å²) in [6, 6.07) is 28.7. The van der Waals surface area contributed by atoms with Crippen molar-refractivity contribution >= 4 is 11.1 Å². The first kappa shape index (κ1) is 23.7. The van der Waals surface area contributed by atoms with Crippen molar-refractivity contribution in [1.29, 1.82) is 0 Å². The summed E-state index contributed by atoms with van der Waals surface area (Å²) in [5.74, 6) is 1.53. The SMILES string of the molecule is c1ccc(/C(=C(\c2ccc(OCCN3CCCC3)cc2)c2ccc(-c3cn[nH]c3)cc2)C2CCC2)cc1. The van der Waals surface area contributed by atoms with Crippen molar-refractivity contribution in [1.82, 2.24) is 15.1 Å². The number of aromatic nitrogens is 2. The van der Waals surface area contributed by atoms with E-state index in [-0.39, 0.29) is 0 Å². The summed E-state index contributed by atoms with van der Waals surface area (Å²) in [4.78, 5) is 2.49. The molecule has 4 nitrogen and oxygen atoms in total. The first-order chi connectivity index (χ1) is 18.3. The molecule has 0 spiro atoms. The maximum absolute atomic E-state index is 6.12. The topological polar surface area (TPSA) is 41.1 Å². The summed E-state index contributed by atoms with van der Waals surface area (Å²) in [5.41, 5.74) is 8.89. The van der Waals surface area contributed by atoms with Gasteiger partial charge >= 0.3 is 0 Å². The first-order valence-electron chi connectivity index (χ1n) is 13.7. The third kappa shape index (κ3) is 5.40. The summed E-state index contributed by atoms with van der Waals surface area (Å²) in [7, 11) is 0. The fourth-order valence-electron chi connectivity index (χ4n) is 5.63. The van der Waals surface area contributed by atoms with Crippen LogP contribution < -0.4 is 4.74 Å². The maximum Gasteiger partial charge on any atom is 0.119 e. The molecule has 0 atom stereocenters. The van der Waals surface area contributed by atoms with E-state index >= 15 is 0 Å². The Kier molecular flexibility index (Phi) is 7.18. The van der Waals surface area contributed by atoms with E-state index in [1.54, 1.807) is 0 Å². The maximum atomic E-state index is 6.12. The quantitative estimate of drug-likeness (QED) is 0.251. The molecule has 2 aliphatic rings. The molecule has 188 valence electrons. The number of nitrogens with zero attached hydrogens (tertiary/aromatic N) is 2. The van der Waals surface area contributed by atoms with Gasteiger partial charge in [0.1, 0.15) is 12.4 Å². The molecule has 1 aliphatic heterocycles. The number of rotatable bonds is 9. The minimum absolute atomic E-state index is 0.585. The molecule has 1 saturated heterocycles. The fourth-order valence-corrected chi connectivity index (χ4v) is 5.63.